The summed E-state index contributed by atoms with van der Waals surface area (Å²) < 4.78 is 10.3. The Morgan fingerprint density at radius 2 is 1.87 bits per heavy atom. The van der Waals surface area contributed by atoms with E-state index >= 15 is 0 Å². The summed E-state index contributed by atoms with van der Waals surface area (Å²) in [7, 11) is 1.58. The lowest BCUT2D eigenvalue weighted by atomic mass is 9.96. The number of rotatable bonds is 11. The minimum absolute atomic E-state index is 0.0415. The lowest BCUT2D eigenvalue weighted by Crippen LogP contribution is -2.49. The Balaban J connectivity index is 1.85. The number of hydrogen-bond donors (Lipinski definition) is 2. The molecule has 9 heteroatoms. The number of aryl methyl sites for hydroxylation is 1. The number of carbonyl (C=O) groups is 3. The fraction of sp³-hybridized carbons (Fsp3) is 0.517. The first-order valence-electron chi connectivity index (χ1n) is 13.2. The number of hydrogen-bond acceptors (Lipinski definition) is 6. The number of amides is 3. The fourth-order valence-electron chi connectivity index (χ4n) is 4.49. The number of anilines is 1. The van der Waals surface area contributed by atoms with Crippen molar-refractivity contribution in [3.63, 3.8) is 0 Å². The molecule has 1 aliphatic carbocycles. The lowest BCUT2D eigenvalue weighted by molar-refractivity contribution is -0.142. The number of benzene rings is 1. The molecule has 1 heterocycles. The van der Waals surface area contributed by atoms with Crippen molar-refractivity contribution in [3.05, 3.63) is 53.3 Å². The SMILES string of the molecule is COc1ccc([C@H](C(=O)NC(C)(C)C)N(CCC2=CCCCC2)C(=O)CCC(=O)Nc2cc(C)on2)cc1. The van der Waals surface area contributed by atoms with Crippen LogP contribution in [0.4, 0.5) is 5.82 Å². The molecule has 0 radical (unpaired) electrons. The molecule has 1 atom stereocenters. The van der Waals surface area contributed by atoms with Crippen LogP contribution in [0, 0.1) is 6.92 Å². The van der Waals surface area contributed by atoms with Crippen LogP contribution in [-0.2, 0) is 14.4 Å². The van der Waals surface area contributed by atoms with Crippen molar-refractivity contribution in [3.8, 4) is 5.75 Å². The van der Waals surface area contributed by atoms with Crippen LogP contribution in [0.5, 0.6) is 5.75 Å². The van der Waals surface area contributed by atoms with Gasteiger partial charge in [-0.05, 0) is 77.5 Å². The van der Waals surface area contributed by atoms with Crippen molar-refractivity contribution in [2.24, 2.45) is 0 Å². The molecule has 2 N–H and O–H groups in total. The number of nitrogens with one attached hydrogen (secondary N) is 2. The van der Waals surface area contributed by atoms with E-state index in [-0.39, 0.29) is 30.6 Å². The van der Waals surface area contributed by atoms with E-state index in [1.165, 1.54) is 12.0 Å². The second-order valence-corrected chi connectivity index (χ2v) is 10.7. The van der Waals surface area contributed by atoms with Gasteiger partial charge in [0, 0.05) is 31.0 Å². The first-order valence-corrected chi connectivity index (χ1v) is 13.2. The van der Waals surface area contributed by atoms with Crippen LogP contribution >= 0.6 is 0 Å². The monoisotopic (exact) mass is 524 g/mol. The van der Waals surface area contributed by atoms with Crippen LogP contribution in [0.1, 0.15) is 83.1 Å². The summed E-state index contributed by atoms with van der Waals surface area (Å²) in [5.41, 5.74) is 1.50. The molecule has 0 fully saturated rings. The Hall–Kier alpha value is -3.62. The summed E-state index contributed by atoms with van der Waals surface area (Å²) in [5, 5.41) is 9.46. The Kier molecular flexibility index (Phi) is 10.1. The largest absolute Gasteiger partial charge is 0.497 e. The number of aromatic nitrogens is 1. The number of ether oxygens (including phenoxy) is 1. The molecule has 0 aliphatic heterocycles. The highest BCUT2D eigenvalue weighted by atomic mass is 16.5. The number of allylic oxidation sites excluding steroid dienone is 1. The van der Waals surface area contributed by atoms with Crippen molar-refractivity contribution in [1.82, 2.24) is 15.4 Å². The average molecular weight is 525 g/mol. The predicted octanol–water partition coefficient (Wildman–Crippen LogP) is 5.09. The average Bonchev–Trinajstić information content (AvgIpc) is 3.28. The van der Waals surface area contributed by atoms with Gasteiger partial charge in [0.2, 0.25) is 17.7 Å². The summed E-state index contributed by atoms with van der Waals surface area (Å²) in [5.74, 6) is 0.665. The minimum atomic E-state index is -0.849. The molecule has 206 valence electrons. The summed E-state index contributed by atoms with van der Waals surface area (Å²) in [6.07, 6.45) is 7.20. The summed E-state index contributed by atoms with van der Waals surface area (Å²) in [6.45, 7) is 7.83. The van der Waals surface area contributed by atoms with Crippen LogP contribution in [-0.4, -0.2) is 47.0 Å². The van der Waals surface area contributed by atoms with E-state index in [4.69, 9.17) is 9.26 Å². The molecular formula is C29H40N4O5. The van der Waals surface area contributed by atoms with Crippen molar-refractivity contribution in [2.75, 3.05) is 19.0 Å². The molecule has 0 spiro atoms. The summed E-state index contributed by atoms with van der Waals surface area (Å²) in [6, 6.07) is 7.95. The van der Waals surface area contributed by atoms with E-state index < -0.39 is 11.6 Å². The molecule has 38 heavy (non-hydrogen) atoms. The standard InChI is InChI=1S/C29H40N4O5/c1-20-19-24(32-38-20)30-25(34)15-16-26(35)33(18-17-21-9-7-6-8-10-21)27(28(36)31-29(2,3)4)22-11-13-23(37-5)14-12-22/h9,11-14,19,27H,6-8,10,15-18H2,1-5H3,(H,31,36)(H,30,32,34)/t27-/m1/s1. The van der Waals surface area contributed by atoms with Crippen LogP contribution in [0.3, 0.4) is 0 Å². The quantitative estimate of drug-likeness (QED) is 0.396. The molecule has 9 nitrogen and oxygen atoms in total. The van der Waals surface area contributed by atoms with Gasteiger partial charge in [-0.2, -0.15) is 0 Å². The van der Waals surface area contributed by atoms with E-state index in [0.29, 0.717) is 35.9 Å². The fourth-order valence-corrected chi connectivity index (χ4v) is 4.49. The van der Waals surface area contributed by atoms with Crippen molar-refractivity contribution < 1.29 is 23.6 Å². The molecule has 1 aromatic carbocycles. The van der Waals surface area contributed by atoms with Crippen molar-refractivity contribution >= 4 is 23.5 Å². The first kappa shape index (κ1) is 28.9. The Morgan fingerprint density at radius 1 is 1.13 bits per heavy atom. The van der Waals surface area contributed by atoms with Gasteiger partial charge in [-0.15, -0.1) is 0 Å². The van der Waals surface area contributed by atoms with E-state index in [0.717, 1.165) is 19.3 Å². The van der Waals surface area contributed by atoms with Crippen molar-refractivity contribution in [2.45, 2.75) is 84.2 Å². The number of methoxy groups -OCH3 is 1. The Morgan fingerprint density at radius 3 is 2.45 bits per heavy atom. The van der Waals surface area contributed by atoms with Gasteiger partial charge in [0.05, 0.1) is 7.11 Å². The predicted molar refractivity (Wildman–Crippen MR) is 146 cm³/mol. The van der Waals surface area contributed by atoms with Gasteiger partial charge in [0.1, 0.15) is 17.6 Å². The minimum Gasteiger partial charge on any atom is -0.497 e. The van der Waals surface area contributed by atoms with Gasteiger partial charge in [-0.1, -0.05) is 28.9 Å². The first-order chi connectivity index (χ1) is 18.1. The molecule has 1 aliphatic rings. The maximum atomic E-state index is 13.7. The zero-order valence-corrected chi connectivity index (χ0v) is 23.1. The maximum Gasteiger partial charge on any atom is 0.247 e. The second kappa shape index (κ2) is 13.3. The highest BCUT2D eigenvalue weighted by molar-refractivity contribution is 5.94. The molecule has 3 rings (SSSR count). The maximum absolute atomic E-state index is 13.7. The molecule has 2 aromatic rings. The number of carbonyl (C=O) groups excluding carboxylic acids is 3. The highest BCUT2D eigenvalue weighted by Crippen LogP contribution is 2.28. The van der Waals surface area contributed by atoms with Crippen molar-refractivity contribution in [1.29, 1.82) is 0 Å². The summed E-state index contributed by atoms with van der Waals surface area (Å²) >= 11 is 0. The molecule has 0 unspecified atom stereocenters. The Labute approximate surface area is 225 Å². The molecule has 0 bridgehead atoms. The van der Waals surface area contributed by atoms with Crippen LogP contribution in [0.15, 0.2) is 46.5 Å². The van der Waals surface area contributed by atoms with Gasteiger partial charge < -0.3 is 24.8 Å². The van der Waals surface area contributed by atoms with Crippen LogP contribution in [0.2, 0.25) is 0 Å². The molecule has 1 aromatic heterocycles. The molecule has 0 saturated carbocycles. The molecule has 3 amide bonds. The van der Waals surface area contributed by atoms with E-state index in [9.17, 15) is 14.4 Å². The van der Waals surface area contributed by atoms with E-state index in [1.54, 1.807) is 37.1 Å². The van der Waals surface area contributed by atoms with E-state index in [2.05, 4.69) is 21.9 Å². The zero-order valence-electron chi connectivity index (χ0n) is 23.1. The third-order valence-electron chi connectivity index (χ3n) is 6.33. The lowest BCUT2D eigenvalue weighted by Gasteiger charge is -2.34. The zero-order chi connectivity index (χ0) is 27.7. The van der Waals surface area contributed by atoms with Gasteiger partial charge in [0.25, 0.3) is 0 Å². The van der Waals surface area contributed by atoms with Gasteiger partial charge in [-0.3, -0.25) is 14.4 Å². The highest BCUT2D eigenvalue weighted by Gasteiger charge is 2.33. The van der Waals surface area contributed by atoms with Gasteiger partial charge in [-0.25, -0.2) is 0 Å². The normalized spacial score (nSPS) is 14.3. The number of nitrogens with zero attached hydrogens (tertiary/aromatic N) is 2. The second-order valence-electron chi connectivity index (χ2n) is 10.7. The molecule has 0 saturated heterocycles. The van der Waals surface area contributed by atoms with Crippen LogP contribution in [0.25, 0.3) is 0 Å². The van der Waals surface area contributed by atoms with Crippen LogP contribution < -0.4 is 15.4 Å². The molecular weight excluding hydrogens is 484 g/mol. The summed E-state index contributed by atoms with van der Waals surface area (Å²) in [4.78, 5) is 41.5. The topological polar surface area (TPSA) is 114 Å². The third-order valence-corrected chi connectivity index (χ3v) is 6.33. The van der Waals surface area contributed by atoms with Gasteiger partial charge in [0.15, 0.2) is 5.82 Å². The van der Waals surface area contributed by atoms with E-state index in [1.807, 2.05) is 32.9 Å². The smallest absolute Gasteiger partial charge is 0.247 e. The third kappa shape index (κ3) is 8.75. The van der Waals surface area contributed by atoms with Gasteiger partial charge >= 0.3 is 0 Å². The Bertz CT molecular complexity index is 1130.